The largest absolute Gasteiger partial charge is 0.480 e. The highest BCUT2D eigenvalue weighted by Crippen LogP contribution is 2.21. The lowest BCUT2D eigenvalue weighted by molar-refractivity contribution is -0.141. The van der Waals surface area contributed by atoms with E-state index in [2.05, 4.69) is 4.72 Å². The molecule has 0 aromatic heterocycles. The van der Waals surface area contributed by atoms with E-state index in [1.54, 1.807) is 0 Å². The maximum absolute atomic E-state index is 12.7. The fourth-order valence-corrected chi connectivity index (χ4v) is 4.15. The number of hydrogen-bond acceptors (Lipinski definition) is 4. The monoisotopic (exact) mass is 388 g/mol. The first-order chi connectivity index (χ1) is 12.9. The van der Waals surface area contributed by atoms with Crippen molar-refractivity contribution >= 4 is 21.9 Å². The van der Waals surface area contributed by atoms with E-state index in [9.17, 15) is 23.1 Å². The summed E-state index contributed by atoms with van der Waals surface area (Å²) in [5.41, 5.74) is 0.973. The highest BCUT2D eigenvalue weighted by Gasteiger charge is 2.34. The second kappa shape index (κ2) is 7.89. The zero-order valence-corrected chi connectivity index (χ0v) is 15.4. The van der Waals surface area contributed by atoms with Gasteiger partial charge in [-0.1, -0.05) is 36.4 Å². The van der Waals surface area contributed by atoms with Crippen LogP contribution in [0.1, 0.15) is 28.8 Å². The fraction of sp³-hybridized carbons (Fsp3) is 0.263. The zero-order chi connectivity index (χ0) is 19.4. The fourth-order valence-electron chi connectivity index (χ4n) is 3.09. The molecule has 27 heavy (non-hydrogen) atoms. The van der Waals surface area contributed by atoms with Crippen molar-refractivity contribution in [1.82, 2.24) is 9.62 Å². The van der Waals surface area contributed by atoms with Gasteiger partial charge in [0.25, 0.3) is 5.91 Å². The van der Waals surface area contributed by atoms with E-state index < -0.39 is 27.9 Å². The maximum Gasteiger partial charge on any atom is 0.326 e. The van der Waals surface area contributed by atoms with Crippen LogP contribution in [0.25, 0.3) is 0 Å². The minimum Gasteiger partial charge on any atom is -0.480 e. The first-order valence-corrected chi connectivity index (χ1v) is 10.0. The Kier molecular flexibility index (Phi) is 5.57. The van der Waals surface area contributed by atoms with Gasteiger partial charge in [0, 0.05) is 18.7 Å². The van der Waals surface area contributed by atoms with Gasteiger partial charge in [0.2, 0.25) is 10.0 Å². The predicted molar refractivity (Wildman–Crippen MR) is 98.6 cm³/mol. The summed E-state index contributed by atoms with van der Waals surface area (Å²) in [7, 11) is -3.80. The minimum absolute atomic E-state index is 0.0321. The van der Waals surface area contributed by atoms with E-state index in [4.69, 9.17) is 0 Å². The van der Waals surface area contributed by atoms with Crippen molar-refractivity contribution in [3.8, 4) is 0 Å². The van der Waals surface area contributed by atoms with Crippen LogP contribution in [0, 0.1) is 0 Å². The van der Waals surface area contributed by atoms with Crippen LogP contribution in [0.2, 0.25) is 0 Å². The lowest BCUT2D eigenvalue weighted by atomic mass is 10.1. The van der Waals surface area contributed by atoms with Crippen LogP contribution >= 0.6 is 0 Å². The number of nitrogens with zero attached hydrogens (tertiary/aromatic N) is 1. The second-order valence-corrected chi connectivity index (χ2v) is 8.10. The van der Waals surface area contributed by atoms with Crippen molar-refractivity contribution in [1.29, 1.82) is 0 Å². The molecular formula is C19H20N2O5S. The van der Waals surface area contributed by atoms with Gasteiger partial charge in [0.1, 0.15) is 6.04 Å². The molecule has 0 saturated carbocycles. The van der Waals surface area contributed by atoms with E-state index >= 15 is 0 Å². The SMILES string of the molecule is O=C(O)C1CCCN1C(=O)c1cccc(S(=O)(=O)NCc2ccccc2)c1. The summed E-state index contributed by atoms with van der Waals surface area (Å²) in [6, 6.07) is 13.9. The number of sulfonamides is 1. The first-order valence-electron chi connectivity index (χ1n) is 8.56. The number of carbonyl (C=O) groups is 2. The van der Waals surface area contributed by atoms with Crippen molar-refractivity contribution in [2.75, 3.05) is 6.54 Å². The third kappa shape index (κ3) is 4.35. The predicted octanol–water partition coefficient (Wildman–Crippen LogP) is 1.85. The van der Waals surface area contributed by atoms with Crippen LogP contribution in [-0.2, 0) is 21.4 Å². The molecule has 8 heteroatoms. The van der Waals surface area contributed by atoms with Crippen LogP contribution in [0.5, 0.6) is 0 Å². The smallest absolute Gasteiger partial charge is 0.326 e. The molecule has 0 bridgehead atoms. The van der Waals surface area contributed by atoms with E-state index in [1.165, 1.54) is 29.2 Å². The Hall–Kier alpha value is -2.71. The molecule has 1 amide bonds. The number of hydrogen-bond donors (Lipinski definition) is 2. The Bertz CT molecular complexity index is 944. The summed E-state index contributed by atoms with van der Waals surface area (Å²) in [6.45, 7) is 0.480. The molecule has 2 N–H and O–H groups in total. The molecule has 7 nitrogen and oxygen atoms in total. The quantitative estimate of drug-likeness (QED) is 0.786. The lowest BCUT2D eigenvalue weighted by Gasteiger charge is -2.21. The Morgan fingerprint density at radius 3 is 2.56 bits per heavy atom. The standard InChI is InChI=1S/C19H20N2O5S/c22-18(21-11-5-10-17(21)19(23)24)15-8-4-9-16(12-15)27(25,26)20-13-14-6-2-1-3-7-14/h1-4,6-9,12,17,20H,5,10-11,13H2,(H,23,24). The number of aliphatic carboxylic acids is 1. The van der Waals surface area contributed by atoms with Crippen LogP contribution in [0.3, 0.4) is 0 Å². The molecule has 1 heterocycles. The van der Waals surface area contributed by atoms with Crippen molar-refractivity contribution < 1.29 is 23.1 Å². The van der Waals surface area contributed by atoms with Crippen molar-refractivity contribution in [2.45, 2.75) is 30.3 Å². The molecular weight excluding hydrogens is 368 g/mol. The number of likely N-dealkylation sites (tertiary alicyclic amines) is 1. The molecule has 3 rings (SSSR count). The normalized spacial score (nSPS) is 17.0. The van der Waals surface area contributed by atoms with E-state index in [0.29, 0.717) is 19.4 Å². The van der Waals surface area contributed by atoms with Crippen LogP contribution < -0.4 is 4.72 Å². The molecule has 0 spiro atoms. The van der Waals surface area contributed by atoms with Crippen molar-refractivity contribution in [3.05, 3.63) is 65.7 Å². The molecule has 1 atom stereocenters. The minimum atomic E-state index is -3.80. The van der Waals surface area contributed by atoms with Gasteiger partial charge in [-0.25, -0.2) is 17.9 Å². The zero-order valence-electron chi connectivity index (χ0n) is 14.5. The third-order valence-corrected chi connectivity index (χ3v) is 5.90. The van der Waals surface area contributed by atoms with Gasteiger partial charge in [-0.2, -0.15) is 0 Å². The molecule has 2 aromatic carbocycles. The molecule has 1 fully saturated rings. The number of carboxylic acids is 1. The number of carboxylic acid groups (broad SMARTS) is 1. The van der Waals surface area contributed by atoms with Crippen molar-refractivity contribution in [3.63, 3.8) is 0 Å². The summed E-state index contributed by atoms with van der Waals surface area (Å²) >= 11 is 0. The highest BCUT2D eigenvalue weighted by molar-refractivity contribution is 7.89. The number of rotatable bonds is 6. The second-order valence-electron chi connectivity index (χ2n) is 6.33. The Morgan fingerprint density at radius 2 is 1.85 bits per heavy atom. The lowest BCUT2D eigenvalue weighted by Crippen LogP contribution is -2.40. The van der Waals surface area contributed by atoms with E-state index in [0.717, 1.165) is 5.56 Å². The number of nitrogens with one attached hydrogen (secondary N) is 1. The number of benzene rings is 2. The van der Waals surface area contributed by atoms with Crippen molar-refractivity contribution in [2.24, 2.45) is 0 Å². The third-order valence-electron chi connectivity index (χ3n) is 4.50. The topological polar surface area (TPSA) is 104 Å². The molecule has 1 saturated heterocycles. The van der Waals surface area contributed by atoms with Gasteiger partial charge in [-0.05, 0) is 36.6 Å². The Balaban J connectivity index is 1.78. The Labute approximate surface area is 157 Å². The van der Waals surface area contributed by atoms with Gasteiger partial charge in [0.05, 0.1) is 4.90 Å². The van der Waals surface area contributed by atoms with E-state index in [1.807, 2.05) is 30.3 Å². The first kappa shape index (κ1) is 19.1. The molecule has 1 aliphatic rings. The molecule has 2 aromatic rings. The van der Waals surface area contributed by atoms with Gasteiger partial charge in [-0.15, -0.1) is 0 Å². The average molecular weight is 388 g/mol. The molecule has 1 unspecified atom stereocenters. The Morgan fingerprint density at radius 1 is 1.11 bits per heavy atom. The summed E-state index contributed by atoms with van der Waals surface area (Å²) in [5, 5.41) is 9.24. The summed E-state index contributed by atoms with van der Waals surface area (Å²) < 4.78 is 27.6. The van der Waals surface area contributed by atoms with Gasteiger partial charge >= 0.3 is 5.97 Å². The number of amides is 1. The number of carbonyl (C=O) groups excluding carboxylic acids is 1. The van der Waals surface area contributed by atoms with Crippen LogP contribution in [-0.4, -0.2) is 42.9 Å². The molecule has 0 radical (unpaired) electrons. The highest BCUT2D eigenvalue weighted by atomic mass is 32.2. The van der Waals surface area contributed by atoms with Gasteiger partial charge in [0.15, 0.2) is 0 Å². The maximum atomic E-state index is 12.7. The van der Waals surface area contributed by atoms with Crippen LogP contribution in [0.15, 0.2) is 59.5 Å². The average Bonchev–Trinajstić information content (AvgIpc) is 3.17. The van der Waals surface area contributed by atoms with Gasteiger partial charge in [-0.3, -0.25) is 4.79 Å². The molecule has 142 valence electrons. The van der Waals surface area contributed by atoms with E-state index in [-0.39, 0.29) is 17.0 Å². The van der Waals surface area contributed by atoms with Gasteiger partial charge < -0.3 is 10.0 Å². The van der Waals surface area contributed by atoms with Crippen LogP contribution in [0.4, 0.5) is 0 Å². The summed E-state index contributed by atoms with van der Waals surface area (Å²) in [4.78, 5) is 25.2. The summed E-state index contributed by atoms with van der Waals surface area (Å²) in [6.07, 6.45) is 1.01. The summed E-state index contributed by atoms with van der Waals surface area (Å²) in [5.74, 6) is -1.52. The molecule has 1 aliphatic heterocycles. The molecule has 0 aliphatic carbocycles.